The van der Waals surface area contributed by atoms with E-state index in [9.17, 15) is 14.4 Å². The highest BCUT2D eigenvalue weighted by molar-refractivity contribution is 5.71. The summed E-state index contributed by atoms with van der Waals surface area (Å²) in [5.41, 5.74) is 0. The second-order valence-corrected chi connectivity index (χ2v) is 19.5. The standard InChI is InChI=1S/C67H110O6/c1-4-7-10-13-16-19-22-25-28-29-30-31-32-33-34-35-36-37-38-39-40-43-45-48-51-54-57-60-66(69)72-63-64(73-67(70)61-58-55-52-49-46-42-27-24-21-18-15-12-9-6-3)62-71-65(68)59-56-53-50-47-44-41-26-23-20-17-14-11-8-5-2/h7,10,14-19,23-28,30-31,33-34,36-37,64H,4-6,8-9,11-13,20-22,29,32,35,38-63H2,1-3H3/b10-7-,17-14-,18-15-,19-16-,26-23-,27-24-,28-25-,31-30-,34-33-,37-36-. The lowest BCUT2D eigenvalue weighted by Crippen LogP contribution is -2.30. The van der Waals surface area contributed by atoms with Gasteiger partial charge < -0.3 is 14.2 Å². The number of allylic oxidation sites excluding steroid dienone is 20. The van der Waals surface area contributed by atoms with Gasteiger partial charge >= 0.3 is 17.9 Å². The van der Waals surface area contributed by atoms with Crippen molar-refractivity contribution in [3.63, 3.8) is 0 Å². The molecule has 0 aromatic heterocycles. The van der Waals surface area contributed by atoms with Crippen molar-refractivity contribution in [2.75, 3.05) is 13.2 Å². The van der Waals surface area contributed by atoms with Crippen molar-refractivity contribution < 1.29 is 28.6 Å². The minimum Gasteiger partial charge on any atom is -0.462 e. The van der Waals surface area contributed by atoms with E-state index >= 15 is 0 Å². The van der Waals surface area contributed by atoms with Crippen LogP contribution in [0.5, 0.6) is 0 Å². The molecule has 0 saturated heterocycles. The van der Waals surface area contributed by atoms with Gasteiger partial charge in [0, 0.05) is 19.3 Å². The predicted octanol–water partition coefficient (Wildman–Crippen LogP) is 20.4. The lowest BCUT2D eigenvalue weighted by Gasteiger charge is -2.18. The van der Waals surface area contributed by atoms with Gasteiger partial charge in [0.2, 0.25) is 0 Å². The summed E-state index contributed by atoms with van der Waals surface area (Å²) in [6.07, 6.45) is 83.3. The second-order valence-electron chi connectivity index (χ2n) is 19.5. The molecular formula is C67H110O6. The Balaban J connectivity index is 4.35. The minimum absolute atomic E-state index is 0.0952. The van der Waals surface area contributed by atoms with E-state index in [2.05, 4.69) is 142 Å². The molecule has 0 rings (SSSR count). The van der Waals surface area contributed by atoms with Crippen LogP contribution in [-0.2, 0) is 28.6 Å². The topological polar surface area (TPSA) is 78.9 Å². The Hall–Kier alpha value is -4.19. The highest BCUT2D eigenvalue weighted by Crippen LogP contribution is 2.14. The smallest absolute Gasteiger partial charge is 0.306 e. The van der Waals surface area contributed by atoms with Crippen LogP contribution in [0.25, 0.3) is 0 Å². The fraction of sp³-hybridized carbons (Fsp3) is 0.657. The third-order valence-corrected chi connectivity index (χ3v) is 12.4. The van der Waals surface area contributed by atoms with Gasteiger partial charge in [-0.05, 0) is 122 Å². The summed E-state index contributed by atoms with van der Waals surface area (Å²) in [6.45, 7) is 6.41. The van der Waals surface area contributed by atoms with Gasteiger partial charge in [0.25, 0.3) is 0 Å². The number of esters is 3. The zero-order valence-corrected chi connectivity index (χ0v) is 47.4. The van der Waals surface area contributed by atoms with Gasteiger partial charge in [0.05, 0.1) is 0 Å². The van der Waals surface area contributed by atoms with Gasteiger partial charge in [-0.15, -0.1) is 0 Å². The molecule has 0 aromatic carbocycles. The molecule has 0 aliphatic heterocycles. The quantitative estimate of drug-likeness (QED) is 0.0261. The van der Waals surface area contributed by atoms with E-state index < -0.39 is 6.10 Å². The number of hydrogen-bond acceptors (Lipinski definition) is 6. The average molecular weight is 1010 g/mol. The largest absolute Gasteiger partial charge is 0.462 e. The van der Waals surface area contributed by atoms with Gasteiger partial charge in [-0.2, -0.15) is 0 Å². The van der Waals surface area contributed by atoms with E-state index in [0.29, 0.717) is 19.3 Å². The van der Waals surface area contributed by atoms with Gasteiger partial charge in [0.15, 0.2) is 6.10 Å². The summed E-state index contributed by atoms with van der Waals surface area (Å²) in [7, 11) is 0. The highest BCUT2D eigenvalue weighted by Gasteiger charge is 2.19. The first-order valence-electron chi connectivity index (χ1n) is 30.0. The number of carbonyl (C=O) groups excluding carboxylic acids is 3. The molecule has 0 saturated carbocycles. The summed E-state index contributed by atoms with van der Waals surface area (Å²) in [5, 5.41) is 0. The molecule has 1 atom stereocenters. The molecule has 6 heteroatoms. The first kappa shape index (κ1) is 68.8. The maximum absolute atomic E-state index is 12.8. The monoisotopic (exact) mass is 1010 g/mol. The number of ether oxygens (including phenoxy) is 3. The van der Waals surface area contributed by atoms with Crippen LogP contribution in [0, 0.1) is 0 Å². The third kappa shape index (κ3) is 58.6. The van der Waals surface area contributed by atoms with Crippen LogP contribution >= 0.6 is 0 Å². The van der Waals surface area contributed by atoms with Crippen molar-refractivity contribution in [3.8, 4) is 0 Å². The van der Waals surface area contributed by atoms with Crippen LogP contribution in [0.1, 0.15) is 265 Å². The first-order valence-corrected chi connectivity index (χ1v) is 30.0. The molecule has 0 heterocycles. The fourth-order valence-electron chi connectivity index (χ4n) is 7.89. The Bertz CT molecular complexity index is 1540. The summed E-state index contributed by atoms with van der Waals surface area (Å²) in [6, 6.07) is 0. The molecule has 0 spiro atoms. The molecule has 0 bridgehead atoms. The minimum atomic E-state index is -0.798. The lowest BCUT2D eigenvalue weighted by molar-refractivity contribution is -0.167. The van der Waals surface area contributed by atoms with E-state index in [1.54, 1.807) is 0 Å². The Kier molecular flexibility index (Phi) is 56.9. The predicted molar refractivity (Wildman–Crippen MR) is 316 cm³/mol. The zero-order chi connectivity index (χ0) is 52.9. The third-order valence-electron chi connectivity index (χ3n) is 12.4. The lowest BCUT2D eigenvalue weighted by atomic mass is 10.1. The molecule has 0 aromatic rings. The molecule has 0 amide bonds. The maximum atomic E-state index is 12.8. The Morgan fingerprint density at radius 1 is 0.288 bits per heavy atom. The van der Waals surface area contributed by atoms with Crippen molar-refractivity contribution in [2.45, 2.75) is 271 Å². The molecule has 0 aliphatic carbocycles. The molecular weight excluding hydrogens is 901 g/mol. The SMILES string of the molecule is CC/C=C\C/C=C\C/C=C\C/C=C\C/C=C\C/C=C\CCCCCCCCCCC(=O)OCC(COC(=O)CCCCCCC/C=C\C/C=C\CCCC)OC(=O)CCCCCCC/C=C\C/C=C\CCCC. The molecule has 414 valence electrons. The van der Waals surface area contributed by atoms with Gasteiger partial charge in [-0.3, -0.25) is 14.4 Å². The molecule has 6 nitrogen and oxygen atoms in total. The molecule has 0 aliphatic rings. The Labute approximate surface area is 450 Å². The summed E-state index contributed by atoms with van der Waals surface area (Å²) in [4.78, 5) is 38.2. The molecule has 0 radical (unpaired) electrons. The number of unbranched alkanes of at least 4 members (excludes halogenated alkanes) is 22. The van der Waals surface area contributed by atoms with Crippen molar-refractivity contribution in [2.24, 2.45) is 0 Å². The number of hydrogen-bond donors (Lipinski definition) is 0. The number of rotatable bonds is 53. The van der Waals surface area contributed by atoms with Crippen molar-refractivity contribution in [1.82, 2.24) is 0 Å². The van der Waals surface area contributed by atoms with Crippen LogP contribution in [0.4, 0.5) is 0 Å². The Morgan fingerprint density at radius 2 is 0.534 bits per heavy atom. The van der Waals surface area contributed by atoms with Gasteiger partial charge in [0.1, 0.15) is 13.2 Å². The van der Waals surface area contributed by atoms with Crippen LogP contribution in [-0.4, -0.2) is 37.2 Å². The van der Waals surface area contributed by atoms with Crippen molar-refractivity contribution in [1.29, 1.82) is 0 Å². The van der Waals surface area contributed by atoms with Crippen LogP contribution in [0.3, 0.4) is 0 Å². The van der Waals surface area contributed by atoms with E-state index in [0.717, 1.165) is 154 Å². The van der Waals surface area contributed by atoms with E-state index in [1.165, 1.54) is 70.6 Å². The van der Waals surface area contributed by atoms with Crippen LogP contribution in [0.15, 0.2) is 122 Å². The molecule has 73 heavy (non-hydrogen) atoms. The maximum Gasteiger partial charge on any atom is 0.306 e. The van der Waals surface area contributed by atoms with Crippen LogP contribution < -0.4 is 0 Å². The Morgan fingerprint density at radius 3 is 0.836 bits per heavy atom. The summed E-state index contributed by atoms with van der Waals surface area (Å²) < 4.78 is 16.8. The van der Waals surface area contributed by atoms with Gasteiger partial charge in [-0.1, -0.05) is 245 Å². The number of carbonyl (C=O) groups is 3. The molecule has 1 unspecified atom stereocenters. The normalized spacial score (nSPS) is 13.0. The molecule has 0 fully saturated rings. The zero-order valence-electron chi connectivity index (χ0n) is 47.4. The average Bonchev–Trinajstić information content (AvgIpc) is 3.39. The first-order chi connectivity index (χ1) is 36.0. The van der Waals surface area contributed by atoms with E-state index in [-0.39, 0.29) is 31.1 Å². The molecule has 0 N–H and O–H groups in total. The van der Waals surface area contributed by atoms with E-state index in [1.807, 2.05) is 0 Å². The summed E-state index contributed by atoms with van der Waals surface area (Å²) in [5.74, 6) is -0.931. The summed E-state index contributed by atoms with van der Waals surface area (Å²) >= 11 is 0. The van der Waals surface area contributed by atoms with E-state index in [4.69, 9.17) is 14.2 Å². The van der Waals surface area contributed by atoms with Crippen molar-refractivity contribution >= 4 is 17.9 Å². The second kappa shape index (κ2) is 60.4. The van der Waals surface area contributed by atoms with Gasteiger partial charge in [-0.25, -0.2) is 0 Å². The van der Waals surface area contributed by atoms with Crippen molar-refractivity contribution in [3.05, 3.63) is 122 Å². The van der Waals surface area contributed by atoms with Crippen LogP contribution in [0.2, 0.25) is 0 Å². The fourth-order valence-corrected chi connectivity index (χ4v) is 7.89. The highest BCUT2D eigenvalue weighted by atomic mass is 16.6.